The number of anilines is 1. The second-order valence-electron chi connectivity index (χ2n) is 4.47. The molecule has 0 unspecified atom stereocenters. The zero-order valence-electron chi connectivity index (χ0n) is 11.4. The Morgan fingerprint density at radius 1 is 1.05 bits per heavy atom. The lowest BCUT2D eigenvalue weighted by atomic mass is 10.2. The van der Waals surface area contributed by atoms with Gasteiger partial charge in [0.05, 0.1) is 12.3 Å². The van der Waals surface area contributed by atoms with Crippen LogP contribution < -0.4 is 10.9 Å². The molecule has 0 aromatic heterocycles. The molecule has 0 saturated heterocycles. The van der Waals surface area contributed by atoms with Crippen LogP contribution >= 0.6 is 0 Å². The lowest BCUT2D eigenvalue weighted by Crippen LogP contribution is -2.32. The zero-order chi connectivity index (χ0) is 14.2. The van der Waals surface area contributed by atoms with Crippen LogP contribution in [-0.4, -0.2) is 12.5 Å². The molecule has 1 amide bonds. The molecule has 2 N–H and O–H groups in total. The molecule has 0 spiro atoms. The summed E-state index contributed by atoms with van der Waals surface area (Å²) >= 11 is 0. The molecule has 0 aliphatic heterocycles. The molecule has 0 radical (unpaired) electrons. The molecule has 0 aliphatic carbocycles. The smallest absolute Gasteiger partial charge is 0.264 e. The Morgan fingerprint density at radius 3 is 2.50 bits per heavy atom. The van der Waals surface area contributed by atoms with E-state index < -0.39 is 0 Å². The molecular weight excluding hydrogens is 252 g/mol. The molecule has 0 bridgehead atoms. The van der Waals surface area contributed by atoms with Gasteiger partial charge in [-0.15, -0.1) is 0 Å². The predicted octanol–water partition coefficient (Wildman–Crippen LogP) is 2.65. The maximum Gasteiger partial charge on any atom is 0.264 e. The number of para-hydroxylation sites is 1. The van der Waals surface area contributed by atoms with Gasteiger partial charge in [-0.05, 0) is 24.1 Å². The molecule has 0 fully saturated rings. The third kappa shape index (κ3) is 4.40. The number of rotatable bonds is 6. The van der Waals surface area contributed by atoms with Gasteiger partial charge < -0.3 is 4.74 Å². The molecule has 4 heteroatoms. The number of carbonyl (C=O) groups is 1. The van der Waals surface area contributed by atoms with E-state index in [1.807, 2.05) is 61.5 Å². The van der Waals surface area contributed by atoms with E-state index in [1.54, 1.807) is 0 Å². The van der Waals surface area contributed by atoms with Crippen LogP contribution in [0, 0.1) is 6.92 Å². The van der Waals surface area contributed by atoms with Crippen LogP contribution in [0.3, 0.4) is 0 Å². The number of hydrazine groups is 1. The molecule has 104 valence electrons. The van der Waals surface area contributed by atoms with Crippen LogP contribution in [0.15, 0.2) is 54.6 Å². The van der Waals surface area contributed by atoms with Crippen molar-refractivity contribution >= 4 is 11.6 Å². The number of ether oxygens (including phenoxy) is 1. The Hall–Kier alpha value is -2.33. The highest BCUT2D eigenvalue weighted by molar-refractivity contribution is 5.78. The van der Waals surface area contributed by atoms with Gasteiger partial charge in [0.2, 0.25) is 0 Å². The van der Waals surface area contributed by atoms with Gasteiger partial charge in [0.25, 0.3) is 5.91 Å². The van der Waals surface area contributed by atoms with Gasteiger partial charge in [-0.2, -0.15) is 0 Å². The number of aryl methyl sites for hydroxylation is 1. The van der Waals surface area contributed by atoms with Crippen molar-refractivity contribution < 1.29 is 9.53 Å². The summed E-state index contributed by atoms with van der Waals surface area (Å²) in [6.45, 7) is 2.42. The van der Waals surface area contributed by atoms with E-state index in [-0.39, 0.29) is 12.5 Å². The van der Waals surface area contributed by atoms with Gasteiger partial charge in [0.1, 0.15) is 6.61 Å². The fourth-order valence-electron chi connectivity index (χ4n) is 1.72. The van der Waals surface area contributed by atoms with Crippen molar-refractivity contribution in [2.45, 2.75) is 13.5 Å². The van der Waals surface area contributed by atoms with Crippen molar-refractivity contribution in [3.8, 4) is 0 Å². The monoisotopic (exact) mass is 270 g/mol. The number of benzene rings is 2. The summed E-state index contributed by atoms with van der Waals surface area (Å²) in [5, 5.41) is 0. The van der Waals surface area contributed by atoms with E-state index in [4.69, 9.17) is 4.74 Å². The molecule has 4 nitrogen and oxygen atoms in total. The van der Waals surface area contributed by atoms with Crippen molar-refractivity contribution in [1.29, 1.82) is 0 Å². The SMILES string of the molecule is Cc1ccccc1NNC(=O)COCc1ccccc1. The highest BCUT2D eigenvalue weighted by atomic mass is 16.5. The molecule has 2 aromatic carbocycles. The van der Waals surface area contributed by atoms with Gasteiger partial charge in [0, 0.05) is 0 Å². The van der Waals surface area contributed by atoms with E-state index in [0.29, 0.717) is 6.61 Å². The predicted molar refractivity (Wildman–Crippen MR) is 79.0 cm³/mol. The van der Waals surface area contributed by atoms with Crippen LogP contribution in [0.4, 0.5) is 5.69 Å². The first-order valence-electron chi connectivity index (χ1n) is 6.48. The molecule has 2 aromatic rings. The highest BCUT2D eigenvalue weighted by Gasteiger charge is 2.02. The summed E-state index contributed by atoms with van der Waals surface area (Å²) in [6.07, 6.45) is 0. The Balaban J connectivity index is 1.70. The number of hydrogen-bond donors (Lipinski definition) is 2. The molecule has 0 heterocycles. The number of nitrogens with one attached hydrogen (secondary N) is 2. The second-order valence-corrected chi connectivity index (χ2v) is 4.47. The standard InChI is InChI=1S/C16H18N2O2/c1-13-7-5-6-10-15(13)17-18-16(19)12-20-11-14-8-3-2-4-9-14/h2-10,17H,11-12H2,1H3,(H,18,19). The molecular formula is C16H18N2O2. The normalized spacial score (nSPS) is 10.1. The fourth-order valence-corrected chi connectivity index (χ4v) is 1.72. The number of amides is 1. The Labute approximate surface area is 118 Å². The van der Waals surface area contributed by atoms with Crippen molar-refractivity contribution in [3.63, 3.8) is 0 Å². The van der Waals surface area contributed by atoms with Crippen LogP contribution in [-0.2, 0) is 16.1 Å². The Morgan fingerprint density at radius 2 is 1.75 bits per heavy atom. The van der Waals surface area contributed by atoms with Gasteiger partial charge >= 0.3 is 0 Å². The summed E-state index contributed by atoms with van der Waals surface area (Å²) in [6, 6.07) is 17.5. The minimum Gasteiger partial charge on any atom is -0.367 e. The van der Waals surface area contributed by atoms with Gasteiger partial charge in [-0.1, -0.05) is 48.5 Å². The number of hydrogen-bond acceptors (Lipinski definition) is 3. The highest BCUT2D eigenvalue weighted by Crippen LogP contribution is 2.11. The molecule has 0 atom stereocenters. The molecule has 2 rings (SSSR count). The average Bonchev–Trinajstić information content (AvgIpc) is 2.47. The van der Waals surface area contributed by atoms with Crippen LogP contribution in [0.5, 0.6) is 0 Å². The second kappa shape index (κ2) is 7.31. The van der Waals surface area contributed by atoms with E-state index in [1.165, 1.54) is 0 Å². The first-order chi connectivity index (χ1) is 9.75. The van der Waals surface area contributed by atoms with E-state index in [0.717, 1.165) is 16.8 Å². The topological polar surface area (TPSA) is 50.4 Å². The van der Waals surface area contributed by atoms with E-state index in [9.17, 15) is 4.79 Å². The zero-order valence-corrected chi connectivity index (χ0v) is 11.4. The third-order valence-electron chi connectivity index (χ3n) is 2.83. The maximum absolute atomic E-state index is 11.6. The minimum atomic E-state index is -0.204. The molecule has 0 saturated carbocycles. The third-order valence-corrected chi connectivity index (χ3v) is 2.83. The van der Waals surface area contributed by atoms with Crippen molar-refractivity contribution in [2.75, 3.05) is 12.0 Å². The van der Waals surface area contributed by atoms with Crippen molar-refractivity contribution in [1.82, 2.24) is 5.43 Å². The quantitative estimate of drug-likeness (QED) is 0.793. The van der Waals surface area contributed by atoms with Crippen LogP contribution in [0.25, 0.3) is 0 Å². The summed E-state index contributed by atoms with van der Waals surface area (Å²) in [4.78, 5) is 11.6. The van der Waals surface area contributed by atoms with E-state index >= 15 is 0 Å². The first kappa shape index (κ1) is 14.1. The van der Waals surface area contributed by atoms with Crippen molar-refractivity contribution in [3.05, 3.63) is 65.7 Å². The number of carbonyl (C=O) groups excluding carboxylic acids is 1. The fraction of sp³-hybridized carbons (Fsp3) is 0.188. The summed E-state index contributed by atoms with van der Waals surface area (Å²) in [5.74, 6) is -0.204. The summed E-state index contributed by atoms with van der Waals surface area (Å²) in [7, 11) is 0. The lowest BCUT2D eigenvalue weighted by Gasteiger charge is -2.10. The van der Waals surface area contributed by atoms with Crippen LogP contribution in [0.1, 0.15) is 11.1 Å². The van der Waals surface area contributed by atoms with Crippen LogP contribution in [0.2, 0.25) is 0 Å². The Bertz CT molecular complexity index is 555. The summed E-state index contributed by atoms with van der Waals surface area (Å²) < 4.78 is 5.35. The maximum atomic E-state index is 11.6. The Kier molecular flexibility index (Phi) is 5.15. The molecule has 0 aliphatic rings. The van der Waals surface area contributed by atoms with Gasteiger partial charge in [-0.3, -0.25) is 15.6 Å². The first-order valence-corrected chi connectivity index (χ1v) is 6.48. The lowest BCUT2D eigenvalue weighted by molar-refractivity contribution is -0.125. The molecule has 20 heavy (non-hydrogen) atoms. The minimum absolute atomic E-state index is 0.0216. The largest absolute Gasteiger partial charge is 0.367 e. The van der Waals surface area contributed by atoms with Gasteiger partial charge in [-0.25, -0.2) is 0 Å². The van der Waals surface area contributed by atoms with Gasteiger partial charge in [0.15, 0.2) is 0 Å². The van der Waals surface area contributed by atoms with Crippen molar-refractivity contribution in [2.24, 2.45) is 0 Å². The summed E-state index contributed by atoms with van der Waals surface area (Å²) in [5.41, 5.74) is 8.49. The van der Waals surface area contributed by atoms with E-state index in [2.05, 4.69) is 10.9 Å². The average molecular weight is 270 g/mol.